The molecule has 4 rings (SSSR count). The van der Waals surface area contributed by atoms with Crippen molar-refractivity contribution in [2.45, 2.75) is 26.3 Å². The maximum atomic E-state index is 13.7. The zero-order valence-electron chi connectivity index (χ0n) is 19.8. The van der Waals surface area contributed by atoms with Crippen molar-refractivity contribution in [3.8, 4) is 0 Å². The van der Waals surface area contributed by atoms with E-state index in [2.05, 4.69) is 0 Å². The zero-order chi connectivity index (χ0) is 26.0. The molecule has 2 amide bonds. The Morgan fingerprint density at radius 1 is 1.14 bits per heavy atom. The van der Waals surface area contributed by atoms with Crippen molar-refractivity contribution in [3.63, 3.8) is 0 Å². The molecule has 0 spiro atoms. The molecule has 0 unspecified atom stereocenters. The summed E-state index contributed by atoms with van der Waals surface area (Å²) in [6, 6.07) is 12.3. The first-order valence-corrected chi connectivity index (χ1v) is 13.1. The fourth-order valence-electron chi connectivity index (χ4n) is 4.47. The van der Waals surface area contributed by atoms with E-state index >= 15 is 0 Å². The van der Waals surface area contributed by atoms with Crippen molar-refractivity contribution in [3.05, 3.63) is 95.6 Å². The highest BCUT2D eigenvalue weighted by atomic mass is 35.5. The van der Waals surface area contributed by atoms with Gasteiger partial charge in [-0.15, -0.1) is 11.3 Å². The van der Waals surface area contributed by atoms with E-state index in [1.165, 1.54) is 34.0 Å². The Morgan fingerprint density at radius 2 is 1.86 bits per heavy atom. The highest BCUT2D eigenvalue weighted by Crippen LogP contribution is 2.41. The van der Waals surface area contributed by atoms with Gasteiger partial charge in [-0.3, -0.25) is 19.7 Å². The summed E-state index contributed by atoms with van der Waals surface area (Å²) in [6.45, 7) is 4.68. The number of thiophene rings is 1. The maximum Gasteiger partial charge on any atom is 0.269 e. The molecule has 1 aliphatic rings. The van der Waals surface area contributed by atoms with E-state index in [9.17, 15) is 19.7 Å². The quantitative estimate of drug-likeness (QED) is 0.260. The number of carbonyl (C=O) groups is 2. The number of carbonyl (C=O) groups excluding carboxylic acids is 2. The van der Waals surface area contributed by atoms with Crippen LogP contribution in [-0.4, -0.2) is 46.2 Å². The molecule has 1 aliphatic heterocycles. The minimum Gasteiger partial charge on any atom is -0.330 e. The summed E-state index contributed by atoms with van der Waals surface area (Å²) >= 11 is 14.4. The van der Waals surface area contributed by atoms with Gasteiger partial charge in [-0.2, -0.15) is 0 Å². The average molecular weight is 546 g/mol. The number of benzene rings is 2. The summed E-state index contributed by atoms with van der Waals surface area (Å²) in [6.07, 6.45) is 0.723. The number of nitro groups is 1. The number of rotatable bonds is 7. The molecule has 36 heavy (non-hydrogen) atoms. The fraction of sp³-hybridized carbons (Fsp3) is 0.308. The van der Waals surface area contributed by atoms with Crippen LogP contribution in [0.3, 0.4) is 0 Å². The summed E-state index contributed by atoms with van der Waals surface area (Å²) in [4.78, 5) is 42.0. The van der Waals surface area contributed by atoms with Gasteiger partial charge in [-0.05, 0) is 59.2 Å². The number of fused-ring (bicyclic) bond motifs is 1. The van der Waals surface area contributed by atoms with Crippen LogP contribution in [0.15, 0.2) is 53.9 Å². The van der Waals surface area contributed by atoms with Crippen molar-refractivity contribution in [1.82, 2.24) is 9.80 Å². The van der Waals surface area contributed by atoms with E-state index in [0.717, 1.165) is 17.5 Å². The Hall–Kier alpha value is -2.94. The highest BCUT2D eigenvalue weighted by Gasteiger charge is 2.35. The Labute approximate surface area is 223 Å². The highest BCUT2D eigenvalue weighted by molar-refractivity contribution is 7.10. The molecule has 0 N–H and O–H groups in total. The predicted molar refractivity (Wildman–Crippen MR) is 142 cm³/mol. The van der Waals surface area contributed by atoms with Crippen LogP contribution in [0.2, 0.25) is 10.0 Å². The molecule has 0 aliphatic carbocycles. The van der Waals surface area contributed by atoms with Crippen molar-refractivity contribution in [2.75, 3.05) is 19.6 Å². The van der Waals surface area contributed by atoms with Crippen LogP contribution in [-0.2, 0) is 11.2 Å². The molecule has 7 nitrogen and oxygen atoms in total. The molecule has 0 bridgehead atoms. The third kappa shape index (κ3) is 5.56. The van der Waals surface area contributed by atoms with E-state index in [4.69, 9.17) is 23.2 Å². The molecule has 0 saturated heterocycles. The minimum atomic E-state index is -0.513. The van der Waals surface area contributed by atoms with Crippen LogP contribution in [0, 0.1) is 16.0 Å². The Bertz CT molecular complexity index is 1290. The Morgan fingerprint density at radius 3 is 2.50 bits per heavy atom. The maximum absolute atomic E-state index is 13.7. The summed E-state index contributed by atoms with van der Waals surface area (Å²) in [5.74, 6) is -0.425. The van der Waals surface area contributed by atoms with E-state index in [1.54, 1.807) is 28.4 Å². The van der Waals surface area contributed by atoms with Gasteiger partial charge < -0.3 is 9.80 Å². The molecular formula is C26H25Cl2N3O4S. The second kappa shape index (κ2) is 11.0. The van der Waals surface area contributed by atoms with Gasteiger partial charge >= 0.3 is 0 Å². The van der Waals surface area contributed by atoms with E-state index < -0.39 is 4.92 Å². The minimum absolute atomic E-state index is 0.0967. The number of nitrogens with zero attached hydrogens (tertiary/aromatic N) is 3. The van der Waals surface area contributed by atoms with Gasteiger partial charge in [-0.25, -0.2) is 0 Å². The fourth-order valence-corrected chi connectivity index (χ4v) is 5.88. The number of halogens is 2. The lowest BCUT2D eigenvalue weighted by molar-refractivity contribution is -0.384. The van der Waals surface area contributed by atoms with Crippen LogP contribution in [0.25, 0.3) is 0 Å². The second-order valence-electron chi connectivity index (χ2n) is 9.09. The topological polar surface area (TPSA) is 83.8 Å². The van der Waals surface area contributed by atoms with Crippen molar-refractivity contribution in [2.24, 2.45) is 5.92 Å². The Kier molecular flexibility index (Phi) is 7.97. The molecule has 2 heterocycles. The molecule has 10 heteroatoms. The first-order valence-electron chi connectivity index (χ1n) is 11.5. The van der Waals surface area contributed by atoms with Gasteiger partial charge in [-0.1, -0.05) is 43.1 Å². The summed E-state index contributed by atoms with van der Waals surface area (Å²) in [7, 11) is 0. The number of nitro benzene ring substituents is 1. The van der Waals surface area contributed by atoms with Gasteiger partial charge in [0.25, 0.3) is 11.6 Å². The first-order chi connectivity index (χ1) is 17.2. The number of non-ortho nitro benzene ring substituents is 1. The van der Waals surface area contributed by atoms with Gasteiger partial charge in [0.05, 0.1) is 11.0 Å². The SMILES string of the molecule is CC(C)CN(CC(=O)N1CCc2sccc2[C@H]1c1ccc(Cl)cc1Cl)C(=O)c1ccc([N+](=O)[O-])cc1. The lowest BCUT2D eigenvalue weighted by Crippen LogP contribution is -2.47. The smallest absolute Gasteiger partial charge is 0.269 e. The lowest BCUT2D eigenvalue weighted by atomic mass is 9.93. The van der Waals surface area contributed by atoms with Gasteiger partial charge in [0.15, 0.2) is 0 Å². The second-order valence-corrected chi connectivity index (χ2v) is 10.9. The number of hydrogen-bond acceptors (Lipinski definition) is 5. The monoisotopic (exact) mass is 545 g/mol. The van der Waals surface area contributed by atoms with Crippen molar-refractivity contribution >= 4 is 52.0 Å². The average Bonchev–Trinajstić information content (AvgIpc) is 3.31. The van der Waals surface area contributed by atoms with Crippen LogP contribution >= 0.6 is 34.5 Å². The zero-order valence-corrected chi connectivity index (χ0v) is 22.1. The molecule has 0 fully saturated rings. The molecule has 1 atom stereocenters. The third-order valence-electron chi connectivity index (χ3n) is 6.07. The van der Waals surface area contributed by atoms with Gasteiger partial charge in [0.1, 0.15) is 6.54 Å². The number of amides is 2. The Balaban J connectivity index is 1.63. The number of hydrogen-bond donors (Lipinski definition) is 0. The molecule has 1 aromatic heterocycles. The van der Waals surface area contributed by atoms with Crippen molar-refractivity contribution < 1.29 is 14.5 Å². The largest absolute Gasteiger partial charge is 0.330 e. The molecule has 188 valence electrons. The van der Waals surface area contributed by atoms with E-state index in [0.29, 0.717) is 28.7 Å². The van der Waals surface area contributed by atoms with Gasteiger partial charge in [0, 0.05) is 45.7 Å². The summed E-state index contributed by atoms with van der Waals surface area (Å²) in [5, 5.41) is 14.0. The molecule has 0 radical (unpaired) electrons. The van der Waals surface area contributed by atoms with Crippen LogP contribution in [0.1, 0.15) is 46.3 Å². The van der Waals surface area contributed by atoms with E-state index in [1.807, 2.05) is 31.4 Å². The third-order valence-corrected chi connectivity index (χ3v) is 7.63. The van der Waals surface area contributed by atoms with E-state index in [-0.39, 0.29) is 36.0 Å². The molecule has 0 saturated carbocycles. The lowest BCUT2D eigenvalue weighted by Gasteiger charge is -2.38. The first kappa shape index (κ1) is 26.1. The predicted octanol–water partition coefficient (Wildman–Crippen LogP) is 6.24. The van der Waals surface area contributed by atoms with Crippen LogP contribution in [0.4, 0.5) is 5.69 Å². The molecule has 3 aromatic rings. The van der Waals surface area contributed by atoms with Crippen LogP contribution < -0.4 is 0 Å². The summed E-state index contributed by atoms with van der Waals surface area (Å²) in [5.41, 5.74) is 2.01. The van der Waals surface area contributed by atoms with Gasteiger partial charge in [0.2, 0.25) is 5.91 Å². The summed E-state index contributed by atoms with van der Waals surface area (Å²) < 4.78 is 0. The molecule has 2 aromatic carbocycles. The van der Waals surface area contributed by atoms with Crippen LogP contribution in [0.5, 0.6) is 0 Å². The normalized spacial score (nSPS) is 15.0. The molecular weight excluding hydrogens is 521 g/mol. The van der Waals surface area contributed by atoms with Crippen molar-refractivity contribution in [1.29, 1.82) is 0 Å². The standard InChI is InChI=1S/C26H25Cl2N3O4S/c1-16(2)14-29(26(33)17-3-6-19(7-4-17)31(34)35)15-24(32)30-11-9-23-21(10-12-36-23)25(30)20-8-5-18(27)13-22(20)28/h3-8,10,12-13,16,25H,9,11,14-15H2,1-2H3/t25-/m1/s1.